The Morgan fingerprint density at radius 2 is 2.21 bits per heavy atom. The van der Waals surface area contributed by atoms with Gasteiger partial charge in [0.05, 0.1) is 11.4 Å². The summed E-state index contributed by atoms with van der Waals surface area (Å²) in [6.07, 6.45) is 5.32. The minimum Gasteiger partial charge on any atom is -0.286 e. The number of allylic oxidation sites excluding steroid dienone is 1. The van der Waals surface area contributed by atoms with E-state index >= 15 is 0 Å². The van der Waals surface area contributed by atoms with E-state index in [0.29, 0.717) is 0 Å². The summed E-state index contributed by atoms with van der Waals surface area (Å²) in [4.78, 5) is 4.01. The lowest BCUT2D eigenvalue weighted by Gasteiger charge is -1.91. The first-order valence-corrected chi connectivity index (χ1v) is 5.71. The van der Waals surface area contributed by atoms with E-state index in [2.05, 4.69) is 4.98 Å². The molecule has 1 N–H and O–H groups in total. The van der Waals surface area contributed by atoms with E-state index in [1.165, 1.54) is 0 Å². The van der Waals surface area contributed by atoms with E-state index in [-0.39, 0.29) is 12.2 Å². The molecule has 76 valence electrons. The summed E-state index contributed by atoms with van der Waals surface area (Å²) >= 11 is 0. The van der Waals surface area contributed by atoms with Crippen molar-refractivity contribution in [2.24, 2.45) is 0 Å². The first-order chi connectivity index (χ1) is 6.58. The predicted octanol–water partition coefficient (Wildman–Crippen LogP) is 1.37. The minimum absolute atomic E-state index is 0.254. The molecule has 0 saturated carbocycles. The van der Waals surface area contributed by atoms with Crippen molar-refractivity contribution in [3.8, 4) is 0 Å². The fourth-order valence-corrected chi connectivity index (χ4v) is 1.33. The van der Waals surface area contributed by atoms with Crippen molar-refractivity contribution in [3.63, 3.8) is 0 Å². The summed E-state index contributed by atoms with van der Waals surface area (Å²) in [7, 11) is -3.85. The molecule has 0 aliphatic rings. The van der Waals surface area contributed by atoms with Crippen LogP contribution < -0.4 is 0 Å². The third kappa shape index (κ3) is 4.74. The lowest BCUT2D eigenvalue weighted by atomic mass is 10.3. The lowest BCUT2D eigenvalue weighted by Crippen LogP contribution is -2.01. The fourth-order valence-electron chi connectivity index (χ4n) is 0.896. The van der Waals surface area contributed by atoms with Crippen LogP contribution in [-0.2, 0) is 10.1 Å². The molecule has 1 aromatic heterocycles. The Labute approximate surface area is 83.0 Å². The fraction of sp³-hybridized carbons (Fsp3) is 0.222. The highest BCUT2D eigenvalue weighted by Crippen LogP contribution is 1.98. The van der Waals surface area contributed by atoms with Crippen LogP contribution in [0.5, 0.6) is 0 Å². The summed E-state index contributed by atoms with van der Waals surface area (Å²) in [6.45, 7) is 0. The van der Waals surface area contributed by atoms with Crippen LogP contribution in [0, 0.1) is 0 Å². The van der Waals surface area contributed by atoms with Crippen LogP contribution in [0.1, 0.15) is 12.1 Å². The molecule has 0 aliphatic carbocycles. The molecule has 0 aromatic carbocycles. The highest BCUT2D eigenvalue weighted by molar-refractivity contribution is 7.85. The standard InChI is InChI=1S/C9H11NO3S/c11-14(12,13)8-4-2-6-9-5-1-3-7-10-9/h1-3,5-7H,4,8H2,(H,11,12,13). The maximum Gasteiger partial charge on any atom is 0.265 e. The Morgan fingerprint density at radius 1 is 1.43 bits per heavy atom. The Bertz CT molecular complexity index is 397. The molecule has 4 nitrogen and oxygen atoms in total. The van der Waals surface area contributed by atoms with Gasteiger partial charge >= 0.3 is 0 Å². The first-order valence-electron chi connectivity index (χ1n) is 4.11. The summed E-state index contributed by atoms with van der Waals surface area (Å²) in [6, 6.07) is 5.45. The molecule has 0 radical (unpaired) electrons. The molecule has 5 heteroatoms. The summed E-state index contributed by atoms with van der Waals surface area (Å²) < 4.78 is 29.1. The van der Waals surface area contributed by atoms with Crippen LogP contribution in [0.4, 0.5) is 0 Å². The van der Waals surface area contributed by atoms with Gasteiger partial charge in [0.25, 0.3) is 10.1 Å². The topological polar surface area (TPSA) is 67.3 Å². The molecule has 0 bridgehead atoms. The van der Waals surface area contributed by atoms with Gasteiger partial charge in [0.15, 0.2) is 0 Å². The number of nitrogens with zero attached hydrogens (tertiary/aromatic N) is 1. The van der Waals surface area contributed by atoms with E-state index in [1.807, 2.05) is 12.1 Å². The van der Waals surface area contributed by atoms with Gasteiger partial charge in [0, 0.05) is 6.20 Å². The van der Waals surface area contributed by atoms with Crippen LogP contribution in [0.2, 0.25) is 0 Å². The average molecular weight is 213 g/mol. The van der Waals surface area contributed by atoms with E-state index < -0.39 is 10.1 Å². The zero-order chi connectivity index (χ0) is 10.4. The zero-order valence-corrected chi connectivity index (χ0v) is 8.31. The smallest absolute Gasteiger partial charge is 0.265 e. The summed E-state index contributed by atoms with van der Waals surface area (Å²) in [5, 5.41) is 0. The predicted molar refractivity (Wildman–Crippen MR) is 54.3 cm³/mol. The van der Waals surface area contributed by atoms with E-state index in [0.717, 1.165) is 5.69 Å². The van der Waals surface area contributed by atoms with Gasteiger partial charge in [-0.2, -0.15) is 8.42 Å². The Hall–Kier alpha value is -1.20. The molecule has 1 rings (SSSR count). The summed E-state index contributed by atoms with van der Waals surface area (Å²) in [5.74, 6) is -0.254. The van der Waals surface area contributed by atoms with Gasteiger partial charge in [0.2, 0.25) is 0 Å². The molecule has 1 aromatic rings. The molecule has 1 heterocycles. The molecule has 0 saturated heterocycles. The van der Waals surface area contributed by atoms with E-state index in [1.54, 1.807) is 24.4 Å². The first kappa shape index (κ1) is 10.9. The van der Waals surface area contributed by atoms with Gasteiger partial charge in [-0.25, -0.2) is 0 Å². The third-order valence-electron chi connectivity index (χ3n) is 1.52. The van der Waals surface area contributed by atoms with Gasteiger partial charge in [-0.15, -0.1) is 0 Å². The largest absolute Gasteiger partial charge is 0.286 e. The van der Waals surface area contributed by atoms with Gasteiger partial charge in [0.1, 0.15) is 0 Å². The number of hydrogen-bond donors (Lipinski definition) is 1. The second-order valence-electron chi connectivity index (χ2n) is 2.73. The molecule has 0 amide bonds. The SMILES string of the molecule is O=S(=O)(O)CCC=Cc1ccccn1. The quantitative estimate of drug-likeness (QED) is 0.767. The maximum absolute atomic E-state index is 10.3. The number of aromatic nitrogens is 1. The van der Waals surface area contributed by atoms with Crippen LogP contribution in [0.25, 0.3) is 6.08 Å². The van der Waals surface area contributed by atoms with Crippen molar-refractivity contribution >= 4 is 16.2 Å². The Morgan fingerprint density at radius 3 is 2.79 bits per heavy atom. The van der Waals surface area contributed by atoms with Crippen molar-refractivity contribution in [3.05, 3.63) is 36.2 Å². The summed E-state index contributed by atoms with van der Waals surface area (Å²) in [5.41, 5.74) is 0.767. The number of hydrogen-bond acceptors (Lipinski definition) is 3. The van der Waals surface area contributed by atoms with Gasteiger partial charge in [-0.1, -0.05) is 12.1 Å². The molecule has 0 atom stereocenters. The zero-order valence-electron chi connectivity index (χ0n) is 7.50. The number of rotatable bonds is 4. The van der Waals surface area contributed by atoms with Crippen molar-refractivity contribution < 1.29 is 13.0 Å². The third-order valence-corrected chi connectivity index (χ3v) is 2.27. The van der Waals surface area contributed by atoms with Crippen LogP contribution in [0.3, 0.4) is 0 Å². The number of pyridine rings is 1. The molecule has 0 aliphatic heterocycles. The highest BCUT2D eigenvalue weighted by atomic mass is 32.2. The maximum atomic E-state index is 10.3. The van der Waals surface area contributed by atoms with Crippen molar-refractivity contribution in [2.45, 2.75) is 6.42 Å². The minimum atomic E-state index is -3.85. The molecular weight excluding hydrogens is 202 g/mol. The van der Waals surface area contributed by atoms with E-state index in [9.17, 15) is 8.42 Å². The second kappa shape index (κ2) is 4.88. The van der Waals surface area contributed by atoms with Crippen LogP contribution >= 0.6 is 0 Å². The Kier molecular flexibility index (Phi) is 3.79. The van der Waals surface area contributed by atoms with Crippen LogP contribution in [-0.4, -0.2) is 23.7 Å². The van der Waals surface area contributed by atoms with Gasteiger partial charge in [-0.05, 0) is 24.6 Å². The molecular formula is C9H11NO3S. The normalized spacial score (nSPS) is 12.1. The Balaban J connectivity index is 2.43. The van der Waals surface area contributed by atoms with Crippen molar-refractivity contribution in [2.75, 3.05) is 5.75 Å². The van der Waals surface area contributed by atoms with Crippen LogP contribution in [0.15, 0.2) is 30.5 Å². The lowest BCUT2D eigenvalue weighted by molar-refractivity contribution is 0.483. The molecule has 0 spiro atoms. The van der Waals surface area contributed by atoms with Gasteiger partial charge in [-0.3, -0.25) is 9.54 Å². The monoisotopic (exact) mass is 213 g/mol. The van der Waals surface area contributed by atoms with Crippen molar-refractivity contribution in [1.29, 1.82) is 0 Å². The molecule has 0 fully saturated rings. The highest BCUT2D eigenvalue weighted by Gasteiger charge is 2.00. The molecule has 14 heavy (non-hydrogen) atoms. The average Bonchev–Trinajstić information content (AvgIpc) is 2.13. The molecule has 0 unspecified atom stereocenters. The second-order valence-corrected chi connectivity index (χ2v) is 4.30. The van der Waals surface area contributed by atoms with Gasteiger partial charge < -0.3 is 0 Å². The van der Waals surface area contributed by atoms with Crippen molar-refractivity contribution in [1.82, 2.24) is 4.98 Å². The van der Waals surface area contributed by atoms with E-state index in [4.69, 9.17) is 4.55 Å².